The van der Waals surface area contributed by atoms with E-state index in [2.05, 4.69) is 25.4 Å². The lowest BCUT2D eigenvalue weighted by molar-refractivity contribution is 0.147. The Kier molecular flexibility index (Phi) is 3.81. The molecule has 0 saturated carbocycles. The second kappa shape index (κ2) is 6.27. The van der Waals surface area contributed by atoms with Crippen LogP contribution in [0.5, 0.6) is 0 Å². The van der Waals surface area contributed by atoms with Crippen LogP contribution in [0, 0.1) is 5.82 Å². The van der Waals surface area contributed by atoms with Crippen LogP contribution in [-0.4, -0.2) is 44.1 Å². The first-order chi connectivity index (χ1) is 12.2. The predicted molar refractivity (Wildman–Crippen MR) is 85.1 cm³/mol. The molecule has 1 aromatic carbocycles. The molecule has 3 aromatic rings. The van der Waals surface area contributed by atoms with Crippen LogP contribution in [0.15, 0.2) is 47.4 Å². The maximum Gasteiger partial charge on any atom is 0.321 e. The normalized spacial score (nSPS) is 14.2. The van der Waals surface area contributed by atoms with Gasteiger partial charge in [-0.1, -0.05) is 17.3 Å². The van der Waals surface area contributed by atoms with Crippen molar-refractivity contribution in [1.82, 2.24) is 25.0 Å². The molecule has 0 bridgehead atoms. The van der Waals surface area contributed by atoms with Crippen molar-refractivity contribution in [3.8, 4) is 11.5 Å². The summed E-state index contributed by atoms with van der Waals surface area (Å²) in [6.07, 6.45) is 4.65. The van der Waals surface area contributed by atoms with Gasteiger partial charge in [0.2, 0.25) is 11.7 Å². The van der Waals surface area contributed by atoms with E-state index in [1.165, 1.54) is 12.1 Å². The number of rotatable bonds is 3. The zero-order valence-corrected chi connectivity index (χ0v) is 13.0. The molecule has 3 heterocycles. The van der Waals surface area contributed by atoms with Gasteiger partial charge in [0.1, 0.15) is 11.5 Å². The number of carbonyl (C=O) groups excluding carboxylic acids is 1. The summed E-state index contributed by atoms with van der Waals surface area (Å²) < 4.78 is 18.8. The number of likely N-dealkylation sites (tertiary alicyclic amines) is 1. The quantitative estimate of drug-likeness (QED) is 0.786. The molecule has 4 rings (SSSR count). The number of hydrogen-bond acceptors (Lipinski definition) is 6. The van der Waals surface area contributed by atoms with Crippen molar-refractivity contribution in [1.29, 1.82) is 0 Å². The lowest BCUT2D eigenvalue weighted by Gasteiger charge is -2.36. The Morgan fingerprint density at radius 2 is 2.12 bits per heavy atom. The number of nitrogens with zero attached hydrogens (tertiary/aromatic N) is 5. The van der Waals surface area contributed by atoms with E-state index < -0.39 is 5.82 Å². The van der Waals surface area contributed by atoms with Crippen LogP contribution in [-0.2, 0) is 0 Å². The van der Waals surface area contributed by atoms with E-state index >= 15 is 0 Å². The summed E-state index contributed by atoms with van der Waals surface area (Å²) in [4.78, 5) is 26.0. The van der Waals surface area contributed by atoms with Crippen LogP contribution in [0.1, 0.15) is 11.8 Å². The number of para-hydroxylation sites is 1. The second-order valence-electron chi connectivity index (χ2n) is 5.56. The van der Waals surface area contributed by atoms with E-state index in [0.717, 1.165) is 0 Å². The Morgan fingerprint density at radius 3 is 2.88 bits per heavy atom. The molecule has 0 spiro atoms. The smallest absolute Gasteiger partial charge is 0.321 e. The van der Waals surface area contributed by atoms with Crippen molar-refractivity contribution < 1.29 is 13.7 Å². The maximum atomic E-state index is 13.6. The second-order valence-corrected chi connectivity index (χ2v) is 5.56. The molecule has 0 radical (unpaired) electrons. The van der Waals surface area contributed by atoms with Crippen LogP contribution >= 0.6 is 0 Å². The first kappa shape index (κ1) is 15.2. The SMILES string of the molecule is O=C(Nc1ccccc1F)N1CC(c2nc(-c3cnccn3)no2)C1. The predicted octanol–water partition coefficient (Wildman–Crippen LogP) is 2.30. The number of carbonyl (C=O) groups is 1. The topological polar surface area (TPSA) is 97.0 Å². The Bertz CT molecular complexity index is 894. The van der Waals surface area contributed by atoms with Crippen LogP contribution in [0.2, 0.25) is 0 Å². The van der Waals surface area contributed by atoms with Gasteiger partial charge in [-0.15, -0.1) is 0 Å². The number of benzene rings is 1. The highest BCUT2D eigenvalue weighted by atomic mass is 19.1. The lowest BCUT2D eigenvalue weighted by atomic mass is 10.0. The minimum absolute atomic E-state index is 0.0516. The van der Waals surface area contributed by atoms with Gasteiger partial charge in [-0.2, -0.15) is 4.98 Å². The van der Waals surface area contributed by atoms with Gasteiger partial charge in [-0.3, -0.25) is 4.98 Å². The molecule has 8 nitrogen and oxygen atoms in total. The van der Waals surface area contributed by atoms with Crippen LogP contribution in [0.4, 0.5) is 14.9 Å². The van der Waals surface area contributed by atoms with Gasteiger partial charge in [0.15, 0.2) is 0 Å². The fourth-order valence-electron chi connectivity index (χ4n) is 2.48. The van der Waals surface area contributed by atoms with E-state index in [1.807, 2.05) is 0 Å². The Morgan fingerprint density at radius 1 is 1.28 bits per heavy atom. The van der Waals surface area contributed by atoms with Crippen molar-refractivity contribution in [2.75, 3.05) is 18.4 Å². The molecule has 0 atom stereocenters. The van der Waals surface area contributed by atoms with Crippen LogP contribution < -0.4 is 5.32 Å². The van der Waals surface area contributed by atoms with Gasteiger partial charge >= 0.3 is 6.03 Å². The largest absolute Gasteiger partial charge is 0.338 e. The average molecular weight is 340 g/mol. The molecule has 1 fully saturated rings. The van der Waals surface area contributed by atoms with E-state index in [9.17, 15) is 9.18 Å². The van der Waals surface area contributed by atoms with Crippen molar-refractivity contribution in [3.05, 3.63) is 54.6 Å². The summed E-state index contributed by atoms with van der Waals surface area (Å²) in [7, 11) is 0. The van der Waals surface area contributed by atoms with Crippen molar-refractivity contribution in [2.45, 2.75) is 5.92 Å². The molecule has 2 amide bonds. The lowest BCUT2D eigenvalue weighted by Crippen LogP contribution is -2.50. The van der Waals surface area contributed by atoms with E-state index in [0.29, 0.717) is 30.5 Å². The number of anilines is 1. The van der Waals surface area contributed by atoms with Gasteiger partial charge in [0.25, 0.3) is 0 Å². The molecule has 1 aliphatic rings. The van der Waals surface area contributed by atoms with Gasteiger partial charge in [0.05, 0.1) is 17.8 Å². The number of hydrogen-bond donors (Lipinski definition) is 1. The molecule has 126 valence electrons. The van der Waals surface area contributed by atoms with Crippen molar-refractivity contribution >= 4 is 11.7 Å². The van der Waals surface area contributed by atoms with E-state index in [-0.39, 0.29) is 17.6 Å². The molecule has 1 saturated heterocycles. The number of nitrogens with one attached hydrogen (secondary N) is 1. The standard InChI is InChI=1S/C16H13FN6O2/c17-11-3-1-2-4-12(11)20-16(24)23-8-10(9-23)15-21-14(22-25-15)13-7-18-5-6-19-13/h1-7,10H,8-9H2,(H,20,24). The molecular formula is C16H13FN6O2. The number of halogens is 1. The first-order valence-electron chi connectivity index (χ1n) is 7.61. The zero-order chi connectivity index (χ0) is 17.2. The van der Waals surface area contributed by atoms with Crippen molar-refractivity contribution in [3.63, 3.8) is 0 Å². The summed E-state index contributed by atoms with van der Waals surface area (Å²) in [5.74, 6) is 0.274. The fourth-order valence-corrected chi connectivity index (χ4v) is 2.48. The minimum Gasteiger partial charge on any atom is -0.338 e. The number of amides is 2. The third kappa shape index (κ3) is 3.03. The third-order valence-electron chi connectivity index (χ3n) is 3.87. The monoisotopic (exact) mass is 340 g/mol. The summed E-state index contributed by atoms with van der Waals surface area (Å²) >= 11 is 0. The van der Waals surface area contributed by atoms with Gasteiger partial charge in [-0.25, -0.2) is 14.2 Å². The molecule has 1 N–H and O–H groups in total. The molecule has 0 unspecified atom stereocenters. The Labute approximate surface area is 141 Å². The average Bonchev–Trinajstić information content (AvgIpc) is 3.06. The molecule has 1 aliphatic heterocycles. The molecular weight excluding hydrogens is 327 g/mol. The summed E-state index contributed by atoms with van der Waals surface area (Å²) in [6, 6.07) is 5.66. The fraction of sp³-hybridized carbons (Fsp3) is 0.188. The summed E-state index contributed by atoms with van der Waals surface area (Å²) in [6.45, 7) is 0.838. The molecule has 2 aromatic heterocycles. The van der Waals surface area contributed by atoms with Gasteiger partial charge in [0, 0.05) is 25.5 Å². The Balaban J connectivity index is 1.37. The zero-order valence-electron chi connectivity index (χ0n) is 13.0. The third-order valence-corrected chi connectivity index (χ3v) is 3.87. The molecule has 25 heavy (non-hydrogen) atoms. The summed E-state index contributed by atoms with van der Waals surface area (Å²) in [5.41, 5.74) is 0.671. The number of urea groups is 1. The highest BCUT2D eigenvalue weighted by Gasteiger charge is 2.36. The minimum atomic E-state index is -0.474. The summed E-state index contributed by atoms with van der Waals surface area (Å²) in [5, 5.41) is 6.42. The highest BCUT2D eigenvalue weighted by Crippen LogP contribution is 2.27. The molecule has 9 heteroatoms. The van der Waals surface area contributed by atoms with Gasteiger partial charge in [-0.05, 0) is 12.1 Å². The van der Waals surface area contributed by atoms with Crippen LogP contribution in [0.3, 0.4) is 0 Å². The van der Waals surface area contributed by atoms with E-state index in [4.69, 9.17) is 4.52 Å². The van der Waals surface area contributed by atoms with Crippen LogP contribution in [0.25, 0.3) is 11.5 Å². The van der Waals surface area contributed by atoms with Gasteiger partial charge < -0.3 is 14.7 Å². The Hall–Kier alpha value is -3.36. The maximum absolute atomic E-state index is 13.6. The number of aromatic nitrogens is 4. The first-order valence-corrected chi connectivity index (χ1v) is 7.61. The van der Waals surface area contributed by atoms with E-state index in [1.54, 1.807) is 35.6 Å². The van der Waals surface area contributed by atoms with Crippen molar-refractivity contribution in [2.24, 2.45) is 0 Å². The molecule has 0 aliphatic carbocycles. The highest BCUT2D eigenvalue weighted by molar-refractivity contribution is 5.90.